The lowest BCUT2D eigenvalue weighted by atomic mass is 10.0. The first-order valence-corrected chi connectivity index (χ1v) is 6.62. The van der Waals surface area contributed by atoms with Crippen molar-refractivity contribution < 1.29 is 9.90 Å². The Balaban J connectivity index is 1.91. The third-order valence-electron chi connectivity index (χ3n) is 3.47. The number of nitrogens with two attached hydrogens (primary N) is 1. The van der Waals surface area contributed by atoms with Crippen LogP contribution in [0.3, 0.4) is 0 Å². The number of carbonyl (C=O) groups is 1. The molecular weight excluding hydrogens is 266 g/mol. The summed E-state index contributed by atoms with van der Waals surface area (Å²) < 4.78 is 0. The predicted molar refractivity (Wildman–Crippen MR) is 79.9 cm³/mol. The van der Waals surface area contributed by atoms with Crippen molar-refractivity contribution in [3.05, 3.63) is 65.7 Å². The van der Waals surface area contributed by atoms with Crippen LogP contribution in [0.5, 0.6) is 5.75 Å². The monoisotopic (exact) mass is 281 g/mol. The highest BCUT2D eigenvalue weighted by Crippen LogP contribution is 2.29. The van der Waals surface area contributed by atoms with Crippen LogP contribution in [-0.4, -0.2) is 21.9 Å². The van der Waals surface area contributed by atoms with Crippen molar-refractivity contribution in [2.24, 2.45) is 10.7 Å². The summed E-state index contributed by atoms with van der Waals surface area (Å²) in [5, 5.41) is 9.38. The molecule has 0 aliphatic carbocycles. The van der Waals surface area contributed by atoms with Crippen molar-refractivity contribution in [1.82, 2.24) is 4.90 Å². The maximum absolute atomic E-state index is 12.0. The van der Waals surface area contributed by atoms with Gasteiger partial charge >= 0.3 is 6.03 Å². The molecule has 0 aromatic heterocycles. The molecule has 21 heavy (non-hydrogen) atoms. The van der Waals surface area contributed by atoms with Crippen LogP contribution in [0.2, 0.25) is 0 Å². The van der Waals surface area contributed by atoms with E-state index in [2.05, 4.69) is 4.99 Å². The van der Waals surface area contributed by atoms with Crippen molar-refractivity contribution >= 4 is 11.9 Å². The van der Waals surface area contributed by atoms with Gasteiger partial charge in [0.2, 0.25) is 0 Å². The van der Waals surface area contributed by atoms with Gasteiger partial charge in [-0.05, 0) is 23.3 Å². The number of carbonyl (C=O) groups excluding carboxylic acids is 1. The van der Waals surface area contributed by atoms with Crippen LogP contribution < -0.4 is 5.73 Å². The molecule has 1 aliphatic rings. The van der Waals surface area contributed by atoms with Crippen molar-refractivity contribution in [2.45, 2.75) is 12.6 Å². The van der Waals surface area contributed by atoms with E-state index in [-0.39, 0.29) is 17.6 Å². The standard InChI is InChI=1S/C16H15N3O2/c17-15-14(12-6-8-13(20)9-7-12)19(16(21)18-15)10-11-4-2-1-3-5-11/h1-9,14,20H,10H2,(H2,17,18,21). The molecule has 1 heterocycles. The first-order valence-electron chi connectivity index (χ1n) is 6.62. The van der Waals surface area contributed by atoms with E-state index >= 15 is 0 Å². The van der Waals surface area contributed by atoms with E-state index in [0.29, 0.717) is 6.54 Å². The number of amidine groups is 1. The van der Waals surface area contributed by atoms with E-state index in [1.54, 1.807) is 29.2 Å². The summed E-state index contributed by atoms with van der Waals surface area (Å²) in [5.74, 6) is 0.454. The number of nitrogens with zero attached hydrogens (tertiary/aromatic N) is 2. The second-order valence-electron chi connectivity index (χ2n) is 4.93. The number of amides is 2. The Labute approximate surface area is 122 Å². The van der Waals surface area contributed by atoms with Gasteiger partial charge < -0.3 is 15.7 Å². The number of phenolic OH excluding ortho intramolecular Hbond substituents is 1. The van der Waals surface area contributed by atoms with Crippen LogP contribution in [0, 0.1) is 0 Å². The Morgan fingerprint density at radius 1 is 1.10 bits per heavy atom. The van der Waals surface area contributed by atoms with Gasteiger partial charge in [0.25, 0.3) is 0 Å². The molecule has 106 valence electrons. The second kappa shape index (κ2) is 5.28. The number of aliphatic imine (C=N–C) groups is 1. The highest BCUT2D eigenvalue weighted by atomic mass is 16.3. The van der Waals surface area contributed by atoms with Gasteiger partial charge in [-0.3, -0.25) is 0 Å². The Bertz CT molecular complexity index is 680. The molecule has 3 rings (SSSR count). The van der Waals surface area contributed by atoms with Gasteiger partial charge in [0.05, 0.1) is 0 Å². The first kappa shape index (κ1) is 13.2. The van der Waals surface area contributed by atoms with Gasteiger partial charge in [0.15, 0.2) is 0 Å². The lowest BCUT2D eigenvalue weighted by molar-refractivity contribution is 0.204. The highest BCUT2D eigenvalue weighted by Gasteiger charge is 2.34. The zero-order valence-electron chi connectivity index (χ0n) is 11.3. The summed E-state index contributed by atoms with van der Waals surface area (Å²) in [7, 11) is 0. The van der Waals surface area contributed by atoms with E-state index in [0.717, 1.165) is 11.1 Å². The van der Waals surface area contributed by atoms with Gasteiger partial charge in [-0.15, -0.1) is 0 Å². The summed E-state index contributed by atoms with van der Waals surface area (Å²) in [6.07, 6.45) is 0. The fraction of sp³-hybridized carbons (Fsp3) is 0.125. The molecule has 0 saturated carbocycles. The SMILES string of the molecule is NC1=NC(=O)N(Cc2ccccc2)C1c1ccc(O)cc1. The second-order valence-corrected chi connectivity index (χ2v) is 4.93. The molecule has 3 N–H and O–H groups in total. The molecule has 0 saturated heterocycles. The predicted octanol–water partition coefficient (Wildman–Crippen LogP) is 2.43. The van der Waals surface area contributed by atoms with Crippen LogP contribution in [-0.2, 0) is 6.54 Å². The minimum atomic E-state index is -0.390. The molecule has 1 aliphatic heterocycles. The fourth-order valence-corrected chi connectivity index (χ4v) is 2.45. The van der Waals surface area contributed by atoms with Crippen molar-refractivity contribution in [3.63, 3.8) is 0 Å². The third-order valence-corrected chi connectivity index (χ3v) is 3.47. The van der Waals surface area contributed by atoms with E-state index in [4.69, 9.17) is 5.73 Å². The molecule has 2 aromatic carbocycles. The molecule has 1 atom stereocenters. The molecule has 0 spiro atoms. The summed E-state index contributed by atoms with van der Waals surface area (Å²) in [6, 6.07) is 15.6. The molecule has 2 aromatic rings. The zero-order valence-corrected chi connectivity index (χ0v) is 11.3. The largest absolute Gasteiger partial charge is 0.508 e. The molecule has 0 fully saturated rings. The lowest BCUT2D eigenvalue weighted by Crippen LogP contribution is -2.32. The number of hydrogen-bond donors (Lipinski definition) is 2. The maximum atomic E-state index is 12.0. The van der Waals surface area contributed by atoms with Crippen molar-refractivity contribution in [3.8, 4) is 5.75 Å². The normalized spacial score (nSPS) is 17.9. The number of phenols is 1. The first-order chi connectivity index (χ1) is 10.1. The Morgan fingerprint density at radius 2 is 1.76 bits per heavy atom. The van der Waals surface area contributed by atoms with Gasteiger partial charge in [0, 0.05) is 6.54 Å². The Kier molecular flexibility index (Phi) is 3.31. The lowest BCUT2D eigenvalue weighted by Gasteiger charge is -2.24. The van der Waals surface area contributed by atoms with E-state index in [1.165, 1.54) is 0 Å². The van der Waals surface area contributed by atoms with Gasteiger partial charge in [-0.2, -0.15) is 4.99 Å². The summed E-state index contributed by atoms with van der Waals surface area (Å²) >= 11 is 0. The average molecular weight is 281 g/mol. The van der Waals surface area contributed by atoms with Crippen molar-refractivity contribution in [1.29, 1.82) is 0 Å². The Hall–Kier alpha value is -2.82. The third kappa shape index (κ3) is 2.58. The fourth-order valence-electron chi connectivity index (χ4n) is 2.45. The molecule has 5 nitrogen and oxygen atoms in total. The average Bonchev–Trinajstić information content (AvgIpc) is 2.76. The molecule has 2 amide bonds. The molecule has 1 unspecified atom stereocenters. The summed E-state index contributed by atoms with van der Waals surface area (Å²) in [6.45, 7) is 0.440. The summed E-state index contributed by atoms with van der Waals surface area (Å²) in [4.78, 5) is 17.5. The minimum Gasteiger partial charge on any atom is -0.508 e. The molecular formula is C16H15N3O2. The quantitative estimate of drug-likeness (QED) is 0.906. The van der Waals surface area contributed by atoms with Gasteiger partial charge in [0.1, 0.15) is 17.6 Å². The molecule has 0 bridgehead atoms. The highest BCUT2D eigenvalue weighted by molar-refractivity contribution is 6.03. The van der Waals surface area contributed by atoms with E-state index in [1.807, 2.05) is 30.3 Å². The van der Waals surface area contributed by atoms with Gasteiger partial charge in [-0.25, -0.2) is 4.79 Å². The number of aromatic hydroxyl groups is 1. The molecule has 0 radical (unpaired) electrons. The number of rotatable bonds is 3. The van der Waals surface area contributed by atoms with Crippen molar-refractivity contribution in [2.75, 3.05) is 0 Å². The van der Waals surface area contributed by atoms with Crippen LogP contribution in [0.25, 0.3) is 0 Å². The van der Waals surface area contributed by atoms with E-state index in [9.17, 15) is 9.90 Å². The van der Waals surface area contributed by atoms with Gasteiger partial charge in [-0.1, -0.05) is 42.5 Å². The minimum absolute atomic E-state index is 0.174. The smallest absolute Gasteiger partial charge is 0.346 e. The Morgan fingerprint density at radius 3 is 2.43 bits per heavy atom. The summed E-state index contributed by atoms with van der Waals surface area (Å²) in [5.41, 5.74) is 7.75. The zero-order chi connectivity index (χ0) is 14.8. The van der Waals surface area contributed by atoms with E-state index < -0.39 is 6.04 Å². The van der Waals surface area contributed by atoms with Crippen LogP contribution >= 0.6 is 0 Å². The molecule has 5 heteroatoms. The van der Waals surface area contributed by atoms with Crippen LogP contribution in [0.1, 0.15) is 17.2 Å². The number of benzene rings is 2. The van der Waals surface area contributed by atoms with Crippen LogP contribution in [0.15, 0.2) is 59.6 Å². The maximum Gasteiger partial charge on any atom is 0.346 e. The number of urea groups is 1. The number of hydrogen-bond acceptors (Lipinski definition) is 3. The topological polar surface area (TPSA) is 78.9 Å². The van der Waals surface area contributed by atoms with Crippen LogP contribution in [0.4, 0.5) is 4.79 Å².